The Morgan fingerprint density at radius 2 is 2.18 bits per heavy atom. The average Bonchev–Trinajstić information content (AvgIpc) is 2.62. The third kappa shape index (κ3) is 2.18. The van der Waals surface area contributed by atoms with Crippen molar-refractivity contribution in [2.24, 2.45) is 7.05 Å². The molecule has 0 saturated carbocycles. The van der Waals surface area contributed by atoms with Crippen LogP contribution in [0.4, 0.5) is 4.39 Å². The molecule has 0 aliphatic carbocycles. The van der Waals surface area contributed by atoms with Crippen LogP contribution in [-0.4, -0.2) is 14.7 Å². The van der Waals surface area contributed by atoms with Crippen molar-refractivity contribution in [3.8, 4) is 0 Å². The number of aryl methyl sites for hydroxylation is 1. The Labute approximate surface area is 103 Å². The zero-order valence-electron chi connectivity index (χ0n) is 9.48. The molecule has 3 nitrogen and oxygen atoms in total. The minimum Gasteiger partial charge on any atom is -0.380 e. The molecule has 0 spiro atoms. The summed E-state index contributed by atoms with van der Waals surface area (Å²) in [6, 6.07) is 4.29. The number of aromatic nitrogens is 2. The second-order valence-corrected chi connectivity index (χ2v) is 4.29. The molecule has 1 aromatic carbocycles. The van der Waals surface area contributed by atoms with E-state index in [1.165, 1.54) is 18.3 Å². The van der Waals surface area contributed by atoms with Gasteiger partial charge in [0.2, 0.25) is 0 Å². The molecule has 0 radical (unpaired) electrons. The first-order valence-electron chi connectivity index (χ1n) is 5.12. The van der Waals surface area contributed by atoms with Crippen LogP contribution in [0, 0.1) is 12.7 Å². The number of imidazole rings is 1. The Balaban J connectivity index is 2.47. The van der Waals surface area contributed by atoms with E-state index >= 15 is 0 Å². The smallest absolute Gasteiger partial charge is 0.143 e. The van der Waals surface area contributed by atoms with E-state index in [4.69, 9.17) is 11.6 Å². The topological polar surface area (TPSA) is 38.1 Å². The summed E-state index contributed by atoms with van der Waals surface area (Å²) in [5, 5.41) is 10.6. The molecule has 0 aliphatic heterocycles. The standard InChI is InChI=1S/C12H12ClFN2O/c1-7-3-4-8(14)5-9(7)11(17)12-15-6-10(13)16(12)2/h3-6,11,17H,1-2H3. The summed E-state index contributed by atoms with van der Waals surface area (Å²) in [5.74, 6) is 0.00801. The van der Waals surface area contributed by atoms with Gasteiger partial charge in [-0.25, -0.2) is 9.37 Å². The normalized spacial score (nSPS) is 12.8. The molecule has 17 heavy (non-hydrogen) atoms. The monoisotopic (exact) mass is 254 g/mol. The zero-order valence-corrected chi connectivity index (χ0v) is 10.2. The number of halogens is 2. The molecule has 0 amide bonds. The Bertz CT molecular complexity index is 553. The lowest BCUT2D eigenvalue weighted by Crippen LogP contribution is -2.09. The first kappa shape index (κ1) is 12.1. The predicted molar refractivity (Wildman–Crippen MR) is 63.4 cm³/mol. The fourth-order valence-electron chi connectivity index (χ4n) is 1.70. The van der Waals surface area contributed by atoms with Gasteiger partial charge in [0.15, 0.2) is 0 Å². The van der Waals surface area contributed by atoms with Crippen molar-refractivity contribution < 1.29 is 9.50 Å². The van der Waals surface area contributed by atoms with E-state index < -0.39 is 6.10 Å². The summed E-state index contributed by atoms with van der Waals surface area (Å²) < 4.78 is 14.7. The molecule has 0 saturated heterocycles. The van der Waals surface area contributed by atoms with Gasteiger partial charge in [-0.2, -0.15) is 0 Å². The van der Waals surface area contributed by atoms with E-state index in [2.05, 4.69) is 4.98 Å². The van der Waals surface area contributed by atoms with E-state index in [-0.39, 0.29) is 5.82 Å². The number of rotatable bonds is 2. The summed E-state index contributed by atoms with van der Waals surface area (Å²) >= 11 is 5.85. The maximum atomic E-state index is 13.2. The van der Waals surface area contributed by atoms with Gasteiger partial charge in [0.1, 0.15) is 22.9 Å². The van der Waals surface area contributed by atoms with Gasteiger partial charge < -0.3 is 9.67 Å². The number of aliphatic hydroxyl groups excluding tert-OH is 1. The number of hydrogen-bond donors (Lipinski definition) is 1. The Morgan fingerprint density at radius 3 is 2.76 bits per heavy atom. The van der Waals surface area contributed by atoms with Gasteiger partial charge in [-0.1, -0.05) is 17.7 Å². The van der Waals surface area contributed by atoms with Crippen LogP contribution in [0.25, 0.3) is 0 Å². The van der Waals surface area contributed by atoms with Crippen molar-refractivity contribution >= 4 is 11.6 Å². The summed E-state index contributed by atoms with van der Waals surface area (Å²) in [6.07, 6.45) is 0.470. The van der Waals surface area contributed by atoms with Crippen molar-refractivity contribution in [3.63, 3.8) is 0 Å². The summed E-state index contributed by atoms with van der Waals surface area (Å²) in [6.45, 7) is 1.81. The van der Waals surface area contributed by atoms with Crippen LogP contribution in [0.5, 0.6) is 0 Å². The van der Waals surface area contributed by atoms with Crippen LogP contribution in [0.2, 0.25) is 5.15 Å². The molecule has 0 bridgehead atoms. The van der Waals surface area contributed by atoms with Gasteiger partial charge in [0, 0.05) is 7.05 Å². The molecule has 90 valence electrons. The minimum absolute atomic E-state index is 0.384. The Kier molecular flexibility index (Phi) is 3.17. The largest absolute Gasteiger partial charge is 0.380 e. The molecule has 1 unspecified atom stereocenters. The molecular formula is C12H12ClFN2O. The molecule has 0 fully saturated rings. The highest BCUT2D eigenvalue weighted by atomic mass is 35.5. The molecule has 2 rings (SSSR count). The van der Waals surface area contributed by atoms with E-state index in [1.54, 1.807) is 17.7 Å². The minimum atomic E-state index is -0.983. The molecular weight excluding hydrogens is 243 g/mol. The maximum Gasteiger partial charge on any atom is 0.143 e. The molecule has 1 aromatic heterocycles. The lowest BCUT2D eigenvalue weighted by molar-refractivity contribution is 0.205. The number of benzene rings is 1. The lowest BCUT2D eigenvalue weighted by Gasteiger charge is -2.13. The highest BCUT2D eigenvalue weighted by Crippen LogP contribution is 2.25. The van der Waals surface area contributed by atoms with Gasteiger partial charge in [-0.15, -0.1) is 0 Å². The van der Waals surface area contributed by atoms with Gasteiger partial charge >= 0.3 is 0 Å². The van der Waals surface area contributed by atoms with E-state index in [1.807, 2.05) is 6.92 Å². The fraction of sp³-hybridized carbons (Fsp3) is 0.250. The maximum absolute atomic E-state index is 13.2. The van der Waals surface area contributed by atoms with Crippen LogP contribution in [0.15, 0.2) is 24.4 Å². The third-order valence-electron chi connectivity index (χ3n) is 2.75. The number of nitrogens with zero attached hydrogens (tertiary/aromatic N) is 2. The average molecular weight is 255 g/mol. The quantitative estimate of drug-likeness (QED) is 0.895. The first-order valence-corrected chi connectivity index (χ1v) is 5.49. The van der Waals surface area contributed by atoms with Crippen molar-refractivity contribution in [1.29, 1.82) is 0 Å². The summed E-state index contributed by atoms with van der Waals surface area (Å²) in [5.41, 5.74) is 1.30. The van der Waals surface area contributed by atoms with E-state index in [0.717, 1.165) is 5.56 Å². The van der Waals surface area contributed by atoms with Crippen LogP contribution in [0.1, 0.15) is 23.1 Å². The zero-order chi connectivity index (χ0) is 12.6. The molecule has 2 aromatic rings. The highest BCUT2D eigenvalue weighted by Gasteiger charge is 2.19. The third-order valence-corrected chi connectivity index (χ3v) is 3.10. The Morgan fingerprint density at radius 1 is 1.47 bits per heavy atom. The van der Waals surface area contributed by atoms with Crippen LogP contribution in [0.3, 0.4) is 0 Å². The van der Waals surface area contributed by atoms with E-state index in [9.17, 15) is 9.50 Å². The van der Waals surface area contributed by atoms with Crippen molar-refractivity contribution in [1.82, 2.24) is 9.55 Å². The van der Waals surface area contributed by atoms with Gasteiger partial charge in [-0.05, 0) is 30.2 Å². The SMILES string of the molecule is Cc1ccc(F)cc1C(O)c1ncc(Cl)n1C. The van der Waals surface area contributed by atoms with Gasteiger partial charge in [0.05, 0.1) is 6.20 Å². The fourth-order valence-corrected chi connectivity index (χ4v) is 1.84. The van der Waals surface area contributed by atoms with Crippen molar-refractivity contribution in [2.75, 3.05) is 0 Å². The second kappa shape index (κ2) is 4.47. The van der Waals surface area contributed by atoms with Crippen LogP contribution < -0.4 is 0 Å². The van der Waals surface area contributed by atoms with Gasteiger partial charge in [0.25, 0.3) is 0 Å². The highest BCUT2D eigenvalue weighted by molar-refractivity contribution is 6.29. The summed E-state index contributed by atoms with van der Waals surface area (Å²) in [7, 11) is 1.70. The van der Waals surface area contributed by atoms with Crippen LogP contribution >= 0.6 is 11.6 Å². The van der Waals surface area contributed by atoms with Crippen molar-refractivity contribution in [3.05, 3.63) is 52.3 Å². The second-order valence-electron chi connectivity index (χ2n) is 3.90. The van der Waals surface area contributed by atoms with Crippen LogP contribution in [-0.2, 0) is 7.05 Å². The number of aliphatic hydroxyl groups is 1. The number of hydrogen-bond acceptors (Lipinski definition) is 2. The molecule has 1 atom stereocenters. The van der Waals surface area contributed by atoms with E-state index in [0.29, 0.717) is 16.5 Å². The lowest BCUT2D eigenvalue weighted by atomic mass is 10.0. The van der Waals surface area contributed by atoms with Crippen molar-refractivity contribution in [2.45, 2.75) is 13.0 Å². The first-order chi connectivity index (χ1) is 8.00. The molecule has 1 N–H and O–H groups in total. The Hall–Kier alpha value is -1.39. The van der Waals surface area contributed by atoms with Gasteiger partial charge in [-0.3, -0.25) is 0 Å². The summed E-state index contributed by atoms with van der Waals surface area (Å²) in [4.78, 5) is 4.02. The molecule has 0 aliphatic rings. The molecule has 5 heteroatoms. The predicted octanol–water partition coefficient (Wildman–Crippen LogP) is 2.60. The molecule has 1 heterocycles.